The number of anilines is 1. The van der Waals surface area contributed by atoms with Crippen molar-refractivity contribution >= 4 is 28.3 Å². The highest BCUT2D eigenvalue weighted by Gasteiger charge is 2.17. The number of aromatic nitrogens is 2. The van der Waals surface area contributed by atoms with E-state index in [9.17, 15) is 9.59 Å². The van der Waals surface area contributed by atoms with Crippen LogP contribution in [0.3, 0.4) is 0 Å². The molecule has 3 rings (SSSR count). The Kier molecular flexibility index (Phi) is 5.04. The van der Waals surface area contributed by atoms with Gasteiger partial charge in [0.2, 0.25) is 0 Å². The molecule has 2 heterocycles. The van der Waals surface area contributed by atoms with Gasteiger partial charge >= 0.3 is 0 Å². The summed E-state index contributed by atoms with van der Waals surface area (Å²) in [5.74, 6) is -0.194. The first-order chi connectivity index (χ1) is 12.4. The van der Waals surface area contributed by atoms with Gasteiger partial charge in [-0.3, -0.25) is 14.9 Å². The van der Waals surface area contributed by atoms with Gasteiger partial charge in [0, 0.05) is 17.1 Å². The van der Waals surface area contributed by atoms with E-state index in [1.165, 1.54) is 11.3 Å². The maximum absolute atomic E-state index is 12.3. The Morgan fingerprint density at radius 2 is 2.15 bits per heavy atom. The zero-order chi connectivity index (χ0) is 18.7. The van der Waals surface area contributed by atoms with Gasteiger partial charge in [-0.1, -0.05) is 12.1 Å². The molecule has 0 bridgehead atoms. The number of nitrogens with two attached hydrogens (primary N) is 1. The summed E-state index contributed by atoms with van der Waals surface area (Å²) >= 11 is 1.29. The first kappa shape index (κ1) is 17.7. The molecule has 0 saturated carbocycles. The van der Waals surface area contributed by atoms with Crippen molar-refractivity contribution in [3.63, 3.8) is 0 Å². The Labute approximate surface area is 154 Å². The van der Waals surface area contributed by atoms with E-state index < -0.39 is 12.0 Å². The number of primary amides is 1. The topological polar surface area (TPSA) is 110 Å². The number of aromatic amines is 1. The van der Waals surface area contributed by atoms with Gasteiger partial charge in [0.1, 0.15) is 11.4 Å². The van der Waals surface area contributed by atoms with Gasteiger partial charge in [-0.2, -0.15) is 0 Å². The molecule has 1 atom stereocenters. The first-order valence-corrected chi connectivity index (χ1v) is 8.78. The summed E-state index contributed by atoms with van der Waals surface area (Å²) in [7, 11) is 0. The summed E-state index contributed by atoms with van der Waals surface area (Å²) < 4.78 is 5.66. The third-order valence-electron chi connectivity index (χ3n) is 3.65. The Morgan fingerprint density at radius 1 is 1.35 bits per heavy atom. The minimum atomic E-state index is -0.669. The highest BCUT2D eigenvalue weighted by Crippen LogP contribution is 2.25. The molecule has 4 N–H and O–H groups in total. The highest BCUT2D eigenvalue weighted by atomic mass is 32.1. The van der Waals surface area contributed by atoms with Crippen molar-refractivity contribution in [3.8, 4) is 17.0 Å². The van der Waals surface area contributed by atoms with E-state index in [-0.39, 0.29) is 5.91 Å². The molecular formula is C18H18N4O3S. The molecule has 0 radical (unpaired) electrons. The maximum Gasteiger partial charge on any atom is 0.266 e. The molecule has 0 aliphatic heterocycles. The van der Waals surface area contributed by atoms with Gasteiger partial charge in [-0.05, 0) is 37.6 Å². The van der Waals surface area contributed by atoms with Crippen LogP contribution in [0.1, 0.15) is 23.0 Å². The lowest BCUT2D eigenvalue weighted by molar-refractivity contribution is -0.122. The minimum Gasteiger partial charge on any atom is -0.481 e. The molecule has 1 unspecified atom stereocenters. The Balaban J connectivity index is 1.64. The fraction of sp³-hybridized carbons (Fsp3) is 0.167. The molecule has 0 fully saturated rings. The molecule has 7 nitrogen and oxygen atoms in total. The summed E-state index contributed by atoms with van der Waals surface area (Å²) in [5.41, 5.74) is 7.95. The van der Waals surface area contributed by atoms with E-state index in [0.717, 1.165) is 11.1 Å². The van der Waals surface area contributed by atoms with Crippen molar-refractivity contribution in [3.05, 3.63) is 53.2 Å². The third kappa shape index (κ3) is 4.09. The number of amides is 2. The van der Waals surface area contributed by atoms with Crippen molar-refractivity contribution < 1.29 is 14.3 Å². The maximum atomic E-state index is 12.3. The van der Waals surface area contributed by atoms with Crippen LogP contribution in [-0.2, 0) is 4.79 Å². The van der Waals surface area contributed by atoms with E-state index in [4.69, 9.17) is 10.5 Å². The van der Waals surface area contributed by atoms with Gasteiger partial charge in [0.15, 0.2) is 11.2 Å². The number of nitrogens with one attached hydrogen (secondary N) is 2. The van der Waals surface area contributed by atoms with Crippen LogP contribution in [0.15, 0.2) is 41.9 Å². The lowest BCUT2D eigenvalue weighted by Gasteiger charge is -2.14. The van der Waals surface area contributed by atoms with Gasteiger partial charge in [0.05, 0.1) is 5.69 Å². The molecule has 0 spiro atoms. The van der Waals surface area contributed by atoms with E-state index >= 15 is 0 Å². The lowest BCUT2D eigenvalue weighted by atomic mass is 10.2. The van der Waals surface area contributed by atoms with E-state index in [0.29, 0.717) is 22.3 Å². The molecular weight excluding hydrogens is 352 g/mol. The molecule has 0 aliphatic rings. The standard InChI is InChI=1S/C18H18N4O3S/c1-10-4-3-5-13(6-10)25-11(2)17(24)22-18-21-15(9-26-18)12-7-14(16(19)23)20-8-12/h3-9,11,20H,1-2H3,(H2,19,23)(H,21,22,24). The second kappa shape index (κ2) is 7.40. The van der Waals surface area contributed by atoms with Crippen LogP contribution in [-0.4, -0.2) is 27.9 Å². The monoisotopic (exact) mass is 370 g/mol. The second-order valence-electron chi connectivity index (χ2n) is 5.77. The number of carbonyl (C=O) groups excluding carboxylic acids is 2. The molecule has 2 amide bonds. The predicted molar refractivity (Wildman–Crippen MR) is 100 cm³/mol. The van der Waals surface area contributed by atoms with E-state index in [1.807, 2.05) is 25.1 Å². The first-order valence-electron chi connectivity index (χ1n) is 7.90. The number of aryl methyl sites for hydroxylation is 1. The molecule has 3 aromatic rings. The number of nitrogens with zero attached hydrogens (tertiary/aromatic N) is 1. The quantitative estimate of drug-likeness (QED) is 0.619. The minimum absolute atomic E-state index is 0.292. The summed E-state index contributed by atoms with van der Waals surface area (Å²) in [6, 6.07) is 9.12. The fourth-order valence-corrected chi connectivity index (χ4v) is 3.02. The zero-order valence-electron chi connectivity index (χ0n) is 14.3. The summed E-state index contributed by atoms with van der Waals surface area (Å²) in [5, 5.41) is 4.98. The third-order valence-corrected chi connectivity index (χ3v) is 4.41. The molecule has 2 aromatic heterocycles. The number of hydrogen-bond donors (Lipinski definition) is 3. The van der Waals surface area contributed by atoms with Crippen LogP contribution >= 0.6 is 11.3 Å². The number of benzene rings is 1. The second-order valence-corrected chi connectivity index (χ2v) is 6.63. The summed E-state index contributed by atoms with van der Waals surface area (Å²) in [4.78, 5) is 30.6. The smallest absolute Gasteiger partial charge is 0.266 e. The number of carbonyl (C=O) groups is 2. The number of H-pyrrole nitrogens is 1. The predicted octanol–water partition coefficient (Wildman–Crippen LogP) is 2.95. The van der Waals surface area contributed by atoms with Crippen LogP contribution in [0.4, 0.5) is 5.13 Å². The van der Waals surface area contributed by atoms with Crippen molar-refractivity contribution in [1.29, 1.82) is 0 Å². The van der Waals surface area contributed by atoms with Crippen LogP contribution in [0.5, 0.6) is 5.75 Å². The van der Waals surface area contributed by atoms with Crippen LogP contribution in [0.2, 0.25) is 0 Å². The number of hydrogen-bond acceptors (Lipinski definition) is 5. The molecule has 0 saturated heterocycles. The number of ether oxygens (including phenoxy) is 1. The number of thiazole rings is 1. The Morgan fingerprint density at radius 3 is 2.85 bits per heavy atom. The van der Waals surface area contributed by atoms with Crippen molar-refractivity contribution in [2.24, 2.45) is 5.73 Å². The summed E-state index contributed by atoms with van der Waals surface area (Å²) in [6.07, 6.45) is 0.974. The fourth-order valence-electron chi connectivity index (χ4n) is 2.30. The van der Waals surface area contributed by atoms with E-state index in [2.05, 4.69) is 15.3 Å². The SMILES string of the molecule is Cc1cccc(OC(C)C(=O)Nc2nc(-c3c[nH]c(C(N)=O)c3)cs2)c1. The average Bonchev–Trinajstić information content (AvgIpc) is 3.23. The summed E-state index contributed by atoms with van der Waals surface area (Å²) in [6.45, 7) is 3.64. The zero-order valence-corrected chi connectivity index (χ0v) is 15.1. The van der Waals surface area contributed by atoms with Gasteiger partial charge in [-0.25, -0.2) is 4.98 Å². The molecule has 26 heavy (non-hydrogen) atoms. The lowest BCUT2D eigenvalue weighted by Crippen LogP contribution is -2.30. The van der Waals surface area contributed by atoms with Crippen LogP contribution in [0.25, 0.3) is 11.3 Å². The van der Waals surface area contributed by atoms with Crippen LogP contribution < -0.4 is 15.8 Å². The van der Waals surface area contributed by atoms with Crippen molar-refractivity contribution in [2.75, 3.05) is 5.32 Å². The largest absolute Gasteiger partial charge is 0.481 e. The highest BCUT2D eigenvalue weighted by molar-refractivity contribution is 7.14. The molecule has 0 aliphatic carbocycles. The Bertz CT molecular complexity index is 947. The van der Waals surface area contributed by atoms with Crippen LogP contribution in [0, 0.1) is 6.92 Å². The van der Waals surface area contributed by atoms with E-state index in [1.54, 1.807) is 30.6 Å². The Hall–Kier alpha value is -3.13. The number of rotatable bonds is 6. The van der Waals surface area contributed by atoms with Crippen molar-refractivity contribution in [1.82, 2.24) is 9.97 Å². The van der Waals surface area contributed by atoms with Gasteiger partial charge in [0.25, 0.3) is 11.8 Å². The van der Waals surface area contributed by atoms with Crippen molar-refractivity contribution in [2.45, 2.75) is 20.0 Å². The molecule has 134 valence electrons. The van der Waals surface area contributed by atoms with Gasteiger partial charge in [-0.15, -0.1) is 11.3 Å². The molecule has 1 aromatic carbocycles. The average molecular weight is 370 g/mol. The normalized spacial score (nSPS) is 11.8. The van der Waals surface area contributed by atoms with Gasteiger partial charge < -0.3 is 15.5 Å². The molecule has 8 heteroatoms.